The summed E-state index contributed by atoms with van der Waals surface area (Å²) in [7, 11) is -1.08. The second kappa shape index (κ2) is 9.78. The molecular weight excluding hydrogens is 316 g/mol. The zero-order valence-electron chi connectivity index (χ0n) is 13.9. The first-order chi connectivity index (χ1) is 11.7. The van der Waals surface area contributed by atoms with Crippen LogP contribution in [0, 0.1) is 6.92 Å². The normalized spacial score (nSPS) is 12.7. The van der Waals surface area contributed by atoms with Crippen LogP contribution >= 0.6 is 0 Å². The van der Waals surface area contributed by atoms with E-state index >= 15 is 0 Å². The molecule has 1 atom stereocenters. The summed E-state index contributed by atoms with van der Waals surface area (Å²) < 4.78 is 12.1. The first-order valence-corrected chi connectivity index (χ1v) is 9.28. The van der Waals surface area contributed by atoms with Crippen molar-refractivity contribution >= 4 is 16.6 Å². The van der Waals surface area contributed by atoms with E-state index in [2.05, 4.69) is 0 Å². The summed E-state index contributed by atoms with van der Waals surface area (Å²) in [4.78, 5) is 12.7. The number of hydrogen-bond donors (Lipinski definition) is 0. The number of ketones is 1. The Hall–Kier alpha value is -2.26. The first-order valence-electron chi connectivity index (χ1n) is 8.06. The lowest BCUT2D eigenvalue weighted by Gasteiger charge is -1.97. The number of hydrogen-bond acceptors (Lipinski definition) is 2. The molecule has 124 valence electrons. The van der Waals surface area contributed by atoms with Gasteiger partial charge < -0.3 is 0 Å². The number of allylic oxidation sites excluding steroid dienone is 3. The minimum absolute atomic E-state index is 0.0339. The molecule has 2 aromatic carbocycles. The maximum Gasteiger partial charge on any atom is 0.185 e. The fourth-order valence-corrected chi connectivity index (χ4v) is 3.02. The van der Waals surface area contributed by atoms with E-state index in [1.165, 1.54) is 0 Å². The zero-order valence-corrected chi connectivity index (χ0v) is 14.7. The smallest absolute Gasteiger partial charge is 0.185 e. The van der Waals surface area contributed by atoms with E-state index in [4.69, 9.17) is 0 Å². The molecule has 0 fully saturated rings. The lowest BCUT2D eigenvalue weighted by molar-refractivity contribution is 0.104. The molecule has 3 heteroatoms. The second-order valence-corrected chi connectivity index (χ2v) is 6.88. The van der Waals surface area contributed by atoms with E-state index in [1.807, 2.05) is 73.7 Å². The Morgan fingerprint density at radius 3 is 2.33 bits per heavy atom. The van der Waals surface area contributed by atoms with Crippen LogP contribution in [0.5, 0.6) is 0 Å². The van der Waals surface area contributed by atoms with Crippen LogP contribution in [-0.4, -0.2) is 9.99 Å². The molecule has 0 aromatic heterocycles. The fraction of sp³-hybridized carbons (Fsp3) is 0.190. The molecule has 0 aliphatic heterocycles. The molecule has 0 radical (unpaired) electrons. The van der Waals surface area contributed by atoms with Gasteiger partial charge in [-0.05, 0) is 44.4 Å². The van der Waals surface area contributed by atoms with Crippen LogP contribution < -0.4 is 0 Å². The highest BCUT2D eigenvalue weighted by Crippen LogP contribution is 2.10. The average molecular weight is 338 g/mol. The third-order valence-electron chi connectivity index (χ3n) is 3.54. The minimum atomic E-state index is -1.08. The molecule has 0 saturated carbocycles. The molecule has 0 saturated heterocycles. The van der Waals surface area contributed by atoms with E-state index in [9.17, 15) is 9.00 Å². The Kier molecular flexibility index (Phi) is 7.37. The van der Waals surface area contributed by atoms with Gasteiger partial charge in [0, 0.05) is 15.9 Å². The van der Waals surface area contributed by atoms with Crippen LogP contribution in [0.3, 0.4) is 0 Å². The summed E-state index contributed by atoms with van der Waals surface area (Å²) in [6.45, 7) is 2.01. The predicted molar refractivity (Wildman–Crippen MR) is 100 cm³/mol. The van der Waals surface area contributed by atoms with E-state index < -0.39 is 10.8 Å². The SMILES string of the molecule is Cc1ccc(S(=O)/C=C/CCC/C=C/C(=O)c2ccccc2)cc1. The molecule has 0 aliphatic carbocycles. The van der Waals surface area contributed by atoms with Crippen LogP contribution in [0.15, 0.2) is 83.1 Å². The van der Waals surface area contributed by atoms with Gasteiger partial charge in [0.2, 0.25) is 0 Å². The molecule has 0 N–H and O–H groups in total. The highest BCUT2D eigenvalue weighted by molar-refractivity contribution is 7.88. The average Bonchev–Trinajstić information content (AvgIpc) is 2.62. The molecule has 0 spiro atoms. The van der Waals surface area contributed by atoms with Crippen molar-refractivity contribution in [1.29, 1.82) is 0 Å². The largest absolute Gasteiger partial charge is 0.289 e. The van der Waals surface area contributed by atoms with Crippen molar-refractivity contribution in [2.45, 2.75) is 31.1 Å². The maximum atomic E-state index is 12.1. The third kappa shape index (κ3) is 6.09. The summed E-state index contributed by atoms with van der Waals surface area (Å²) in [6, 6.07) is 17.0. The van der Waals surface area contributed by atoms with Crippen molar-refractivity contribution in [2.24, 2.45) is 0 Å². The lowest BCUT2D eigenvalue weighted by atomic mass is 10.1. The van der Waals surface area contributed by atoms with Crippen LogP contribution in [0.4, 0.5) is 0 Å². The molecule has 0 heterocycles. The van der Waals surface area contributed by atoms with Gasteiger partial charge >= 0.3 is 0 Å². The second-order valence-electron chi connectivity index (χ2n) is 5.55. The number of carbonyl (C=O) groups is 1. The van der Waals surface area contributed by atoms with Crippen molar-refractivity contribution in [3.05, 3.63) is 89.4 Å². The Bertz CT molecular complexity index is 728. The fourth-order valence-electron chi connectivity index (χ4n) is 2.15. The van der Waals surface area contributed by atoms with Crippen molar-refractivity contribution in [3.63, 3.8) is 0 Å². The topological polar surface area (TPSA) is 34.1 Å². The monoisotopic (exact) mass is 338 g/mol. The van der Waals surface area contributed by atoms with Gasteiger partial charge in [-0.15, -0.1) is 0 Å². The summed E-state index contributed by atoms with van der Waals surface area (Å²) in [5, 5.41) is 1.74. The number of carbonyl (C=O) groups excluding carboxylic acids is 1. The highest BCUT2D eigenvalue weighted by atomic mass is 32.2. The predicted octanol–water partition coefficient (Wildman–Crippen LogP) is 5.23. The molecule has 2 nitrogen and oxygen atoms in total. The molecule has 2 rings (SSSR count). The number of benzene rings is 2. The Labute approximate surface area is 146 Å². The van der Waals surface area contributed by atoms with E-state index in [1.54, 1.807) is 11.5 Å². The summed E-state index contributed by atoms with van der Waals surface area (Å²) in [5.74, 6) is 0.0339. The Morgan fingerprint density at radius 1 is 0.958 bits per heavy atom. The molecule has 2 aromatic rings. The third-order valence-corrected chi connectivity index (χ3v) is 4.72. The van der Waals surface area contributed by atoms with E-state index in [0.717, 1.165) is 29.7 Å². The molecule has 0 aliphatic rings. The molecule has 0 bridgehead atoms. The summed E-state index contributed by atoms with van der Waals surface area (Å²) in [5.41, 5.74) is 1.87. The molecule has 1 unspecified atom stereocenters. The zero-order chi connectivity index (χ0) is 17.2. The molecule has 0 amide bonds. The van der Waals surface area contributed by atoms with Gasteiger partial charge in [-0.3, -0.25) is 4.79 Å². The summed E-state index contributed by atoms with van der Waals surface area (Å²) >= 11 is 0. The van der Waals surface area contributed by atoms with Gasteiger partial charge in [0.1, 0.15) is 0 Å². The van der Waals surface area contributed by atoms with Gasteiger partial charge in [-0.2, -0.15) is 0 Å². The lowest BCUT2D eigenvalue weighted by Crippen LogP contribution is -1.92. The van der Waals surface area contributed by atoms with Crippen LogP contribution in [0.2, 0.25) is 0 Å². The van der Waals surface area contributed by atoms with Gasteiger partial charge in [-0.25, -0.2) is 4.21 Å². The number of aryl methyl sites for hydroxylation is 1. The summed E-state index contributed by atoms with van der Waals surface area (Å²) in [6.07, 6.45) is 8.09. The Morgan fingerprint density at radius 2 is 1.62 bits per heavy atom. The van der Waals surface area contributed by atoms with Gasteiger partial charge in [0.15, 0.2) is 5.78 Å². The number of unbranched alkanes of at least 4 members (excludes halogenated alkanes) is 2. The standard InChI is InChI=1S/C21H22O2S/c1-18-13-15-20(16-14-18)24(23)17-9-4-2-3-8-12-21(22)19-10-6-5-7-11-19/h5-17H,2-4H2,1H3/b12-8+,17-9+. The molecular formula is C21H22O2S. The van der Waals surface area contributed by atoms with E-state index in [0.29, 0.717) is 5.56 Å². The van der Waals surface area contributed by atoms with Gasteiger partial charge in [0.05, 0.1) is 10.8 Å². The maximum absolute atomic E-state index is 12.1. The van der Waals surface area contributed by atoms with Crippen molar-refractivity contribution < 1.29 is 9.00 Å². The van der Waals surface area contributed by atoms with Crippen LogP contribution in [0.25, 0.3) is 0 Å². The highest BCUT2D eigenvalue weighted by Gasteiger charge is 1.99. The van der Waals surface area contributed by atoms with Crippen molar-refractivity contribution in [1.82, 2.24) is 0 Å². The van der Waals surface area contributed by atoms with Crippen LogP contribution in [-0.2, 0) is 10.8 Å². The number of rotatable bonds is 8. The first kappa shape index (κ1) is 18.1. The van der Waals surface area contributed by atoms with Crippen molar-refractivity contribution in [3.8, 4) is 0 Å². The molecule has 24 heavy (non-hydrogen) atoms. The van der Waals surface area contributed by atoms with Crippen molar-refractivity contribution in [2.75, 3.05) is 0 Å². The Balaban J connectivity index is 1.69. The van der Waals surface area contributed by atoms with Crippen LogP contribution in [0.1, 0.15) is 35.2 Å². The van der Waals surface area contributed by atoms with Gasteiger partial charge in [-0.1, -0.05) is 60.2 Å². The minimum Gasteiger partial charge on any atom is -0.289 e. The van der Waals surface area contributed by atoms with Gasteiger partial charge in [0.25, 0.3) is 0 Å². The quantitative estimate of drug-likeness (QED) is 0.375. The van der Waals surface area contributed by atoms with E-state index in [-0.39, 0.29) is 5.78 Å².